The molecule has 6 aromatic rings. The Bertz CT molecular complexity index is 2260. The number of aliphatic hydroxyl groups is 1. The fraction of sp³-hybridized carbons (Fsp3) is 0.373. The summed E-state index contributed by atoms with van der Waals surface area (Å²) in [5.74, 6) is 1.35. The number of aliphatic hydroxyl groups excluding tert-OH is 1. The number of furan rings is 1. The van der Waals surface area contributed by atoms with Gasteiger partial charge in [-0.2, -0.15) is 0 Å². The average molecular weight is 942 g/mol. The summed E-state index contributed by atoms with van der Waals surface area (Å²) in [6.45, 7) is 25.6. The van der Waals surface area contributed by atoms with E-state index < -0.39 is 0 Å². The Morgan fingerprint density at radius 2 is 1.30 bits per heavy atom. The van der Waals surface area contributed by atoms with E-state index in [1.807, 2.05) is 33.9 Å². The standard InChI is InChI=1S/C38H37N2O.C13H24O2.Ir/c1-23-15-24(2)18-30(17-23)40(31-19-25(3)16-26(4)20-31)37-27(5)32-13-14-39-35(36(32)41-37)29-21-28-11-9-10-12-33(28)34(22-29)38(6,7)8;1-5-10(6-2)12(14)9-13(15)11(7-3)8-4;/h9-20,22H,1-8H3;9-11,14H,5-8H2,1-4H3;/q-1;;/b;12-9-;. The summed E-state index contributed by atoms with van der Waals surface area (Å²) < 4.78 is 6.90. The van der Waals surface area contributed by atoms with Crippen LogP contribution in [0.15, 0.2) is 95.2 Å². The van der Waals surface area contributed by atoms with Crippen LogP contribution < -0.4 is 4.90 Å². The van der Waals surface area contributed by atoms with Gasteiger partial charge < -0.3 is 9.52 Å². The van der Waals surface area contributed by atoms with Gasteiger partial charge in [-0.05, 0) is 118 Å². The summed E-state index contributed by atoms with van der Waals surface area (Å²) >= 11 is 0. The van der Waals surface area contributed by atoms with Crippen molar-refractivity contribution in [3.63, 3.8) is 0 Å². The molecule has 0 aliphatic heterocycles. The second-order valence-corrected chi connectivity index (χ2v) is 16.5. The van der Waals surface area contributed by atoms with Crippen LogP contribution in [0.5, 0.6) is 0 Å². The van der Waals surface area contributed by atoms with Crippen molar-refractivity contribution in [2.24, 2.45) is 11.8 Å². The number of ketones is 1. The zero-order valence-electron chi connectivity index (χ0n) is 36.1. The van der Waals surface area contributed by atoms with Gasteiger partial charge in [-0.1, -0.05) is 89.7 Å². The van der Waals surface area contributed by atoms with Gasteiger partial charge in [-0.15, -0.1) is 29.1 Å². The minimum Gasteiger partial charge on any atom is -0.512 e. The van der Waals surface area contributed by atoms with Crippen molar-refractivity contribution in [3.8, 4) is 11.3 Å². The van der Waals surface area contributed by atoms with E-state index in [-0.39, 0.29) is 48.9 Å². The molecule has 0 saturated heterocycles. The number of allylic oxidation sites excluding steroid dienone is 2. The van der Waals surface area contributed by atoms with Crippen LogP contribution in [0.4, 0.5) is 17.3 Å². The Balaban J connectivity index is 0.000000385. The average Bonchev–Trinajstić information content (AvgIpc) is 3.46. The topological polar surface area (TPSA) is 66.6 Å². The quantitative estimate of drug-likeness (QED) is 0.0796. The van der Waals surface area contributed by atoms with E-state index in [9.17, 15) is 9.90 Å². The number of hydrogen-bond acceptors (Lipinski definition) is 5. The van der Waals surface area contributed by atoms with Crippen LogP contribution in [-0.4, -0.2) is 15.9 Å². The Kier molecular flexibility index (Phi) is 15.3. The molecule has 6 heteroatoms. The number of hydrogen-bond donors (Lipinski definition) is 1. The number of carbonyl (C=O) groups excluding carboxylic acids is 1. The van der Waals surface area contributed by atoms with Crippen molar-refractivity contribution in [1.82, 2.24) is 4.98 Å². The summed E-state index contributed by atoms with van der Waals surface area (Å²) in [4.78, 5) is 18.8. The maximum Gasteiger partial charge on any atom is 0.207 e. The smallest absolute Gasteiger partial charge is 0.207 e. The zero-order chi connectivity index (χ0) is 40.9. The third-order valence-corrected chi connectivity index (χ3v) is 10.9. The van der Waals surface area contributed by atoms with Crippen LogP contribution in [0, 0.1) is 52.5 Å². The SMILES string of the molecule is CCC(CC)C(=O)/C=C(\O)C(CC)CC.Cc1cc(C)cc(N(c2cc(C)cc(C)c2)c2oc3c(-c4[c-]c5ccccc5c(C(C)(C)C)c4)nccc3c2C)c1.[Ir]. The van der Waals surface area contributed by atoms with Crippen LogP contribution in [0.1, 0.15) is 108 Å². The van der Waals surface area contributed by atoms with Crippen LogP contribution in [0.3, 0.4) is 0 Å². The number of pyridine rings is 1. The normalized spacial score (nSPS) is 11.9. The van der Waals surface area contributed by atoms with E-state index in [0.29, 0.717) is 0 Å². The first-order valence-electron chi connectivity index (χ1n) is 20.3. The van der Waals surface area contributed by atoms with Crippen molar-refractivity contribution < 1.29 is 34.4 Å². The zero-order valence-corrected chi connectivity index (χ0v) is 38.5. The summed E-state index contributed by atoms with van der Waals surface area (Å²) in [6, 6.07) is 29.8. The molecule has 0 unspecified atom stereocenters. The number of aromatic nitrogens is 1. The van der Waals surface area contributed by atoms with Crippen molar-refractivity contribution in [1.29, 1.82) is 0 Å². The molecule has 6 rings (SSSR count). The van der Waals surface area contributed by atoms with Crippen molar-refractivity contribution >= 4 is 44.8 Å². The third kappa shape index (κ3) is 10.3. The maximum atomic E-state index is 11.7. The van der Waals surface area contributed by atoms with E-state index in [1.165, 1.54) is 39.3 Å². The molecule has 0 aliphatic rings. The minimum absolute atomic E-state index is 0. The van der Waals surface area contributed by atoms with Gasteiger partial charge in [0.05, 0.1) is 5.76 Å². The Labute approximate surface area is 355 Å². The number of benzene rings is 4. The molecule has 0 spiro atoms. The number of fused-ring (bicyclic) bond motifs is 2. The third-order valence-electron chi connectivity index (χ3n) is 10.9. The fourth-order valence-corrected chi connectivity index (χ4v) is 7.84. The van der Waals surface area contributed by atoms with Gasteiger partial charge in [-0.25, -0.2) is 0 Å². The van der Waals surface area contributed by atoms with E-state index in [4.69, 9.17) is 9.40 Å². The second-order valence-electron chi connectivity index (χ2n) is 16.5. The Hall–Kier alpha value is -4.51. The molecule has 0 saturated carbocycles. The second kappa shape index (κ2) is 19.3. The van der Waals surface area contributed by atoms with Crippen LogP contribution in [0.2, 0.25) is 0 Å². The van der Waals surface area contributed by atoms with Gasteiger partial charge in [0.1, 0.15) is 5.58 Å². The monoisotopic (exact) mass is 942 g/mol. The minimum atomic E-state index is -0.0373. The molecule has 2 aromatic heterocycles. The van der Waals surface area contributed by atoms with Gasteiger partial charge in [0.2, 0.25) is 5.88 Å². The van der Waals surface area contributed by atoms with E-state index in [0.717, 1.165) is 76.1 Å². The number of rotatable bonds is 11. The van der Waals surface area contributed by atoms with Crippen LogP contribution in [-0.2, 0) is 30.3 Å². The largest absolute Gasteiger partial charge is 0.512 e. The Morgan fingerprint density at radius 1 is 0.772 bits per heavy atom. The van der Waals surface area contributed by atoms with Crippen molar-refractivity contribution in [2.45, 2.75) is 114 Å². The molecular weight excluding hydrogens is 881 g/mol. The summed E-state index contributed by atoms with van der Waals surface area (Å²) in [7, 11) is 0. The number of nitrogens with zero attached hydrogens (tertiary/aromatic N) is 2. The molecule has 1 radical (unpaired) electrons. The first kappa shape index (κ1) is 45.2. The first-order chi connectivity index (χ1) is 26.6. The van der Waals surface area contributed by atoms with Crippen molar-refractivity contribution in [2.75, 3.05) is 4.90 Å². The number of carbonyl (C=O) groups is 1. The molecule has 2 heterocycles. The van der Waals surface area contributed by atoms with Crippen LogP contribution >= 0.6 is 0 Å². The Morgan fingerprint density at radius 3 is 1.81 bits per heavy atom. The maximum absolute atomic E-state index is 11.7. The van der Waals surface area contributed by atoms with E-state index in [2.05, 4.69) is 139 Å². The van der Waals surface area contributed by atoms with Crippen molar-refractivity contribution in [3.05, 3.63) is 130 Å². The summed E-state index contributed by atoms with van der Waals surface area (Å²) in [6.07, 6.45) is 6.80. The first-order valence-corrected chi connectivity index (χ1v) is 20.3. The predicted octanol–water partition coefficient (Wildman–Crippen LogP) is 14.6. The molecule has 0 fully saturated rings. The number of aryl methyl sites for hydroxylation is 5. The van der Waals surface area contributed by atoms with Gasteiger partial charge in [0, 0.05) is 72.2 Å². The predicted molar refractivity (Wildman–Crippen MR) is 237 cm³/mol. The van der Waals surface area contributed by atoms with Gasteiger partial charge >= 0.3 is 0 Å². The molecule has 0 atom stereocenters. The summed E-state index contributed by atoms with van der Waals surface area (Å²) in [5.41, 5.74) is 11.9. The molecule has 0 amide bonds. The fourth-order valence-electron chi connectivity index (χ4n) is 7.84. The molecule has 0 aliphatic carbocycles. The summed E-state index contributed by atoms with van der Waals surface area (Å²) in [5, 5.41) is 13.1. The molecule has 57 heavy (non-hydrogen) atoms. The molecule has 5 nitrogen and oxygen atoms in total. The molecule has 1 N–H and O–H groups in total. The van der Waals surface area contributed by atoms with Crippen LogP contribution in [0.25, 0.3) is 33.0 Å². The molecule has 303 valence electrons. The van der Waals surface area contributed by atoms with Gasteiger partial charge in [-0.3, -0.25) is 14.7 Å². The van der Waals surface area contributed by atoms with Gasteiger partial charge in [0.15, 0.2) is 5.78 Å². The number of anilines is 3. The van der Waals surface area contributed by atoms with Gasteiger partial charge in [0.25, 0.3) is 0 Å². The molecule has 4 aromatic carbocycles. The molecule has 0 bridgehead atoms. The molecular formula is C51H61IrN2O3-. The van der Waals surface area contributed by atoms with E-state index in [1.54, 1.807) is 0 Å². The van der Waals surface area contributed by atoms with E-state index >= 15 is 0 Å².